The number of rotatable bonds is 4. The molecule has 0 radical (unpaired) electrons. The first-order valence-electron chi connectivity index (χ1n) is 5.17. The normalized spacial score (nSPS) is 27.6. The molecule has 0 aromatic carbocycles. The first-order chi connectivity index (χ1) is 6.59. The fraction of sp³-hybridized carbons (Fsp3) is 0.583. The van der Waals surface area contributed by atoms with Crippen molar-refractivity contribution in [2.45, 2.75) is 26.7 Å². The van der Waals surface area contributed by atoms with Crippen LogP contribution in [0, 0.1) is 17.8 Å². The molecule has 1 aliphatic rings. The smallest absolute Gasteiger partial charge is 0.0442 e. The number of carboxylic acids is 1. The van der Waals surface area contributed by atoms with Gasteiger partial charge in [-0.2, -0.15) is 0 Å². The number of aliphatic carboxylic acids is 1. The van der Waals surface area contributed by atoms with E-state index in [0.29, 0.717) is 18.3 Å². The molecule has 1 atom stereocenters. The molecule has 1 rings (SSSR count). The largest absolute Gasteiger partial charge is 0.550 e. The van der Waals surface area contributed by atoms with Crippen molar-refractivity contribution in [1.29, 1.82) is 0 Å². The molecular weight excluding hydrogens is 176 g/mol. The van der Waals surface area contributed by atoms with Gasteiger partial charge in [0.15, 0.2) is 0 Å². The maximum atomic E-state index is 10.5. The molecule has 2 nitrogen and oxygen atoms in total. The van der Waals surface area contributed by atoms with Crippen LogP contribution in [0.25, 0.3) is 0 Å². The van der Waals surface area contributed by atoms with E-state index in [1.165, 1.54) is 0 Å². The van der Waals surface area contributed by atoms with Gasteiger partial charge in [-0.3, -0.25) is 0 Å². The minimum Gasteiger partial charge on any atom is -0.550 e. The second kappa shape index (κ2) is 4.99. The molecule has 0 saturated heterocycles. The third kappa shape index (κ3) is 3.36. The van der Waals surface area contributed by atoms with Gasteiger partial charge in [0.25, 0.3) is 0 Å². The molecule has 0 fully saturated rings. The van der Waals surface area contributed by atoms with Gasteiger partial charge in [0, 0.05) is 5.97 Å². The van der Waals surface area contributed by atoms with E-state index in [1.807, 2.05) is 0 Å². The molecule has 0 unspecified atom stereocenters. The van der Waals surface area contributed by atoms with Crippen molar-refractivity contribution in [1.82, 2.24) is 0 Å². The van der Waals surface area contributed by atoms with Crippen LogP contribution in [0.4, 0.5) is 0 Å². The summed E-state index contributed by atoms with van der Waals surface area (Å²) in [6, 6.07) is 0. The number of allylic oxidation sites excluding steroid dienone is 4. The Labute approximate surface area is 85.3 Å². The molecule has 0 aliphatic heterocycles. The number of hydrogen-bond donors (Lipinski definition) is 0. The van der Waals surface area contributed by atoms with Gasteiger partial charge in [-0.1, -0.05) is 38.2 Å². The highest BCUT2D eigenvalue weighted by molar-refractivity contribution is 5.66. The monoisotopic (exact) mass is 193 g/mol. The standard InChI is InChI=1S/C12H18O2/c1-9-3-6-11(7-4-9)8-5-10(2)12(13)14/h3-4,6-7,9-11H,5,8H2,1-2H3,(H,13,14)/p-1/t9?,10-,11?/m0/s1. The summed E-state index contributed by atoms with van der Waals surface area (Å²) in [6.07, 6.45) is 10.2. The molecule has 0 amide bonds. The fourth-order valence-electron chi connectivity index (χ4n) is 1.52. The third-order valence-electron chi connectivity index (χ3n) is 2.66. The van der Waals surface area contributed by atoms with E-state index in [9.17, 15) is 9.90 Å². The van der Waals surface area contributed by atoms with E-state index in [4.69, 9.17) is 0 Å². The van der Waals surface area contributed by atoms with E-state index < -0.39 is 5.97 Å². The number of carbonyl (C=O) groups is 1. The summed E-state index contributed by atoms with van der Waals surface area (Å²) in [6.45, 7) is 3.83. The van der Waals surface area contributed by atoms with Gasteiger partial charge in [-0.15, -0.1) is 0 Å². The van der Waals surface area contributed by atoms with E-state index in [1.54, 1.807) is 6.92 Å². The lowest BCUT2D eigenvalue weighted by Crippen LogP contribution is -2.29. The Balaban J connectivity index is 2.29. The predicted molar refractivity (Wildman–Crippen MR) is 54.3 cm³/mol. The maximum Gasteiger partial charge on any atom is 0.0442 e. The average molecular weight is 193 g/mol. The number of carboxylic acid groups (broad SMARTS) is 1. The average Bonchev–Trinajstić information content (AvgIpc) is 2.16. The van der Waals surface area contributed by atoms with Gasteiger partial charge in [0.05, 0.1) is 0 Å². The molecule has 0 spiro atoms. The summed E-state index contributed by atoms with van der Waals surface area (Å²) in [5, 5.41) is 10.5. The van der Waals surface area contributed by atoms with Crippen LogP contribution in [-0.4, -0.2) is 5.97 Å². The molecule has 0 saturated carbocycles. The minimum atomic E-state index is -0.942. The van der Waals surface area contributed by atoms with E-state index in [-0.39, 0.29) is 5.92 Å². The van der Waals surface area contributed by atoms with Crippen LogP contribution >= 0.6 is 0 Å². The minimum absolute atomic E-state index is 0.337. The van der Waals surface area contributed by atoms with Gasteiger partial charge in [0.1, 0.15) is 0 Å². The van der Waals surface area contributed by atoms with Crippen molar-refractivity contribution >= 4 is 5.97 Å². The molecule has 1 aliphatic carbocycles. The SMILES string of the molecule is CC1C=CC(CC[C@H](C)C(=O)[O-])C=C1. The quantitative estimate of drug-likeness (QED) is 0.635. The summed E-state index contributed by atoms with van der Waals surface area (Å²) < 4.78 is 0. The first-order valence-corrected chi connectivity index (χ1v) is 5.17. The maximum absolute atomic E-state index is 10.5. The van der Waals surface area contributed by atoms with Crippen LogP contribution in [0.2, 0.25) is 0 Å². The molecule has 0 bridgehead atoms. The lowest BCUT2D eigenvalue weighted by molar-refractivity contribution is -0.311. The summed E-state index contributed by atoms with van der Waals surface area (Å²) in [7, 11) is 0. The lowest BCUT2D eigenvalue weighted by Gasteiger charge is -2.17. The molecule has 0 aromatic rings. The molecule has 0 heterocycles. The highest BCUT2D eigenvalue weighted by atomic mass is 16.4. The van der Waals surface area contributed by atoms with Crippen LogP contribution in [0.5, 0.6) is 0 Å². The van der Waals surface area contributed by atoms with Crippen LogP contribution in [0.15, 0.2) is 24.3 Å². The Morgan fingerprint density at radius 2 is 1.93 bits per heavy atom. The summed E-state index contributed by atoms with van der Waals surface area (Å²) in [4.78, 5) is 10.5. The first kappa shape index (κ1) is 11.0. The lowest BCUT2D eigenvalue weighted by atomic mass is 9.91. The summed E-state index contributed by atoms with van der Waals surface area (Å²) in [5.41, 5.74) is 0. The van der Waals surface area contributed by atoms with Crippen molar-refractivity contribution in [3.8, 4) is 0 Å². The Hall–Kier alpha value is -1.05. The second-order valence-corrected chi connectivity index (χ2v) is 4.09. The van der Waals surface area contributed by atoms with Crippen molar-refractivity contribution < 1.29 is 9.90 Å². The summed E-state index contributed by atoms with van der Waals surface area (Å²) in [5.74, 6) is -0.351. The molecule has 0 N–H and O–H groups in total. The van der Waals surface area contributed by atoms with Crippen LogP contribution in [-0.2, 0) is 4.79 Å². The van der Waals surface area contributed by atoms with Gasteiger partial charge >= 0.3 is 0 Å². The Morgan fingerprint density at radius 1 is 1.36 bits per heavy atom. The predicted octanol–water partition coefficient (Wildman–Crippen LogP) is 1.53. The van der Waals surface area contributed by atoms with Crippen molar-refractivity contribution in [2.75, 3.05) is 0 Å². The van der Waals surface area contributed by atoms with Crippen molar-refractivity contribution in [3.63, 3.8) is 0 Å². The van der Waals surface area contributed by atoms with Crippen molar-refractivity contribution in [2.24, 2.45) is 17.8 Å². The molecule has 14 heavy (non-hydrogen) atoms. The third-order valence-corrected chi connectivity index (χ3v) is 2.66. The molecule has 0 aromatic heterocycles. The Morgan fingerprint density at radius 3 is 2.43 bits per heavy atom. The fourth-order valence-corrected chi connectivity index (χ4v) is 1.52. The topological polar surface area (TPSA) is 40.1 Å². The second-order valence-electron chi connectivity index (χ2n) is 4.09. The zero-order chi connectivity index (χ0) is 10.6. The van der Waals surface area contributed by atoms with Crippen LogP contribution in [0.3, 0.4) is 0 Å². The molecule has 2 heteroatoms. The van der Waals surface area contributed by atoms with E-state index >= 15 is 0 Å². The van der Waals surface area contributed by atoms with E-state index in [0.717, 1.165) is 6.42 Å². The Kier molecular flexibility index (Phi) is 3.93. The Bertz CT molecular complexity index is 239. The van der Waals surface area contributed by atoms with Gasteiger partial charge in [0.2, 0.25) is 0 Å². The highest BCUT2D eigenvalue weighted by Gasteiger charge is 2.09. The van der Waals surface area contributed by atoms with Gasteiger partial charge < -0.3 is 9.90 Å². The van der Waals surface area contributed by atoms with Gasteiger partial charge in [-0.25, -0.2) is 0 Å². The number of hydrogen-bond acceptors (Lipinski definition) is 2. The van der Waals surface area contributed by atoms with E-state index in [2.05, 4.69) is 31.2 Å². The molecular formula is C12H17O2-. The van der Waals surface area contributed by atoms with Gasteiger partial charge in [-0.05, 0) is 30.6 Å². The molecule has 78 valence electrons. The van der Waals surface area contributed by atoms with Crippen molar-refractivity contribution in [3.05, 3.63) is 24.3 Å². The zero-order valence-electron chi connectivity index (χ0n) is 8.77. The zero-order valence-corrected chi connectivity index (χ0v) is 8.77. The summed E-state index contributed by atoms with van der Waals surface area (Å²) >= 11 is 0. The van der Waals surface area contributed by atoms with Crippen LogP contribution < -0.4 is 5.11 Å². The highest BCUT2D eigenvalue weighted by Crippen LogP contribution is 2.20. The number of carbonyl (C=O) groups excluding carboxylic acids is 1. The van der Waals surface area contributed by atoms with Crippen LogP contribution in [0.1, 0.15) is 26.7 Å².